The topological polar surface area (TPSA) is 38.9 Å². The van der Waals surface area contributed by atoms with E-state index in [-0.39, 0.29) is 11.7 Å². The van der Waals surface area contributed by atoms with Crippen molar-refractivity contribution < 1.29 is 13.2 Å². The van der Waals surface area contributed by atoms with E-state index < -0.39 is 17.2 Å². The van der Waals surface area contributed by atoms with Crippen molar-refractivity contribution in [2.45, 2.75) is 25.4 Å². The monoisotopic (exact) mass is 252 g/mol. The summed E-state index contributed by atoms with van der Waals surface area (Å²) in [6.07, 6.45) is -3.70. The van der Waals surface area contributed by atoms with Crippen LogP contribution in [0.25, 0.3) is 0 Å². The van der Waals surface area contributed by atoms with Crippen molar-refractivity contribution in [3.63, 3.8) is 0 Å². The lowest BCUT2D eigenvalue weighted by molar-refractivity contribution is -0.137. The standard InChI is InChI=1S/C10H12ClF3N2/c1-9(2,5-15)7-3-6(10(12,13)14)4-16-8(7)11/h3-4H,5,15H2,1-2H3. The molecule has 0 aliphatic rings. The van der Waals surface area contributed by atoms with Gasteiger partial charge in [0.2, 0.25) is 0 Å². The van der Waals surface area contributed by atoms with Gasteiger partial charge in [-0.3, -0.25) is 0 Å². The highest BCUT2D eigenvalue weighted by molar-refractivity contribution is 6.30. The van der Waals surface area contributed by atoms with Gasteiger partial charge in [-0.2, -0.15) is 13.2 Å². The zero-order valence-electron chi connectivity index (χ0n) is 8.90. The molecule has 0 spiro atoms. The van der Waals surface area contributed by atoms with Crippen LogP contribution in [0.15, 0.2) is 12.3 Å². The Morgan fingerprint density at radius 2 is 1.94 bits per heavy atom. The van der Waals surface area contributed by atoms with Crippen LogP contribution in [-0.2, 0) is 11.6 Å². The normalized spacial score (nSPS) is 12.9. The number of nitrogens with two attached hydrogens (primary N) is 1. The predicted octanol–water partition coefficient (Wildman–Crippen LogP) is 2.99. The molecular weight excluding hydrogens is 241 g/mol. The molecule has 0 bridgehead atoms. The van der Waals surface area contributed by atoms with E-state index in [1.54, 1.807) is 13.8 Å². The van der Waals surface area contributed by atoms with Gasteiger partial charge in [-0.05, 0) is 11.6 Å². The fourth-order valence-electron chi connectivity index (χ4n) is 1.19. The highest BCUT2D eigenvalue weighted by Crippen LogP contribution is 2.34. The van der Waals surface area contributed by atoms with Crippen molar-refractivity contribution in [3.8, 4) is 0 Å². The minimum Gasteiger partial charge on any atom is -0.330 e. The Morgan fingerprint density at radius 1 is 1.38 bits per heavy atom. The first-order valence-electron chi connectivity index (χ1n) is 4.62. The van der Waals surface area contributed by atoms with Crippen LogP contribution in [-0.4, -0.2) is 11.5 Å². The van der Waals surface area contributed by atoms with Crippen molar-refractivity contribution in [1.82, 2.24) is 4.98 Å². The maximum absolute atomic E-state index is 12.5. The first-order chi connectivity index (χ1) is 7.18. The molecule has 0 aromatic carbocycles. The van der Waals surface area contributed by atoms with Gasteiger partial charge in [-0.25, -0.2) is 4.98 Å². The van der Waals surface area contributed by atoms with Gasteiger partial charge in [0.25, 0.3) is 0 Å². The molecule has 2 N–H and O–H groups in total. The van der Waals surface area contributed by atoms with Gasteiger partial charge >= 0.3 is 6.18 Å². The second-order valence-electron chi connectivity index (χ2n) is 4.15. The van der Waals surface area contributed by atoms with Crippen molar-refractivity contribution in [2.24, 2.45) is 5.73 Å². The smallest absolute Gasteiger partial charge is 0.330 e. The Morgan fingerprint density at radius 3 is 2.38 bits per heavy atom. The third kappa shape index (κ3) is 2.65. The van der Waals surface area contributed by atoms with Gasteiger partial charge in [0.1, 0.15) is 5.15 Å². The SMILES string of the molecule is CC(C)(CN)c1cc(C(F)(F)F)cnc1Cl. The molecule has 1 heterocycles. The molecule has 0 radical (unpaired) electrons. The highest BCUT2D eigenvalue weighted by atomic mass is 35.5. The first kappa shape index (κ1) is 13.3. The molecule has 90 valence electrons. The minimum atomic E-state index is -4.42. The fourth-order valence-corrected chi connectivity index (χ4v) is 1.55. The number of aromatic nitrogens is 1. The molecule has 1 rings (SSSR count). The van der Waals surface area contributed by atoms with Gasteiger partial charge in [-0.1, -0.05) is 25.4 Å². The van der Waals surface area contributed by atoms with Crippen molar-refractivity contribution in [2.75, 3.05) is 6.54 Å². The Bertz CT molecular complexity index is 388. The van der Waals surface area contributed by atoms with Crippen LogP contribution < -0.4 is 5.73 Å². The van der Waals surface area contributed by atoms with Crippen molar-refractivity contribution >= 4 is 11.6 Å². The van der Waals surface area contributed by atoms with Gasteiger partial charge < -0.3 is 5.73 Å². The summed E-state index contributed by atoms with van der Waals surface area (Å²) in [7, 11) is 0. The number of hydrogen-bond donors (Lipinski definition) is 1. The third-order valence-corrected chi connectivity index (χ3v) is 2.71. The number of hydrogen-bond acceptors (Lipinski definition) is 2. The summed E-state index contributed by atoms with van der Waals surface area (Å²) in [6, 6.07) is 1.00. The number of nitrogens with zero attached hydrogens (tertiary/aromatic N) is 1. The van der Waals surface area contributed by atoms with E-state index in [4.69, 9.17) is 17.3 Å². The molecule has 1 aromatic rings. The summed E-state index contributed by atoms with van der Waals surface area (Å²) in [5, 5.41) is 0.0588. The zero-order valence-corrected chi connectivity index (χ0v) is 9.65. The molecule has 0 unspecified atom stereocenters. The van der Waals surface area contributed by atoms with Gasteiger partial charge in [0, 0.05) is 18.2 Å². The maximum Gasteiger partial charge on any atom is 0.417 e. The molecule has 0 fully saturated rings. The molecule has 6 heteroatoms. The molecule has 16 heavy (non-hydrogen) atoms. The van der Waals surface area contributed by atoms with Gasteiger partial charge in [0.05, 0.1) is 5.56 Å². The van der Waals surface area contributed by atoms with E-state index >= 15 is 0 Å². The van der Waals surface area contributed by atoms with E-state index in [1.807, 2.05) is 0 Å². The summed E-state index contributed by atoms with van der Waals surface area (Å²) < 4.78 is 37.4. The van der Waals surface area contributed by atoms with Crippen molar-refractivity contribution in [1.29, 1.82) is 0 Å². The largest absolute Gasteiger partial charge is 0.417 e. The Kier molecular flexibility index (Phi) is 3.50. The molecule has 1 aromatic heterocycles. The second kappa shape index (κ2) is 4.22. The quantitative estimate of drug-likeness (QED) is 0.822. The average Bonchev–Trinajstić information content (AvgIpc) is 2.16. The number of alkyl halides is 3. The maximum atomic E-state index is 12.5. The predicted molar refractivity (Wildman–Crippen MR) is 56.3 cm³/mol. The molecule has 0 saturated carbocycles. The van der Waals surface area contributed by atoms with Crippen LogP contribution in [0, 0.1) is 0 Å². The lowest BCUT2D eigenvalue weighted by Crippen LogP contribution is -2.29. The van der Waals surface area contributed by atoms with Crippen LogP contribution in [0.3, 0.4) is 0 Å². The summed E-state index contributed by atoms with van der Waals surface area (Å²) >= 11 is 5.78. The van der Waals surface area contributed by atoms with Crippen LogP contribution in [0.5, 0.6) is 0 Å². The second-order valence-corrected chi connectivity index (χ2v) is 4.51. The van der Waals surface area contributed by atoms with Crippen LogP contribution in [0.4, 0.5) is 13.2 Å². The summed E-state index contributed by atoms with van der Waals surface area (Å²) in [5.41, 5.74) is 4.37. The Hall–Kier alpha value is -0.810. The Balaban J connectivity index is 3.30. The summed E-state index contributed by atoms with van der Waals surface area (Å²) in [6.45, 7) is 3.63. The Labute approximate surface area is 96.6 Å². The molecule has 0 amide bonds. The molecule has 0 aliphatic carbocycles. The molecule has 2 nitrogen and oxygen atoms in total. The number of pyridine rings is 1. The van der Waals surface area contributed by atoms with E-state index in [2.05, 4.69) is 4.98 Å². The lowest BCUT2D eigenvalue weighted by Gasteiger charge is -2.24. The number of halogens is 4. The summed E-state index contributed by atoms with van der Waals surface area (Å²) in [5.74, 6) is 0. The van der Waals surface area contributed by atoms with Gasteiger partial charge in [0.15, 0.2) is 0 Å². The van der Waals surface area contributed by atoms with Crippen LogP contribution in [0.2, 0.25) is 5.15 Å². The molecule has 0 atom stereocenters. The van der Waals surface area contributed by atoms with E-state index in [1.165, 1.54) is 0 Å². The van der Waals surface area contributed by atoms with Crippen molar-refractivity contribution in [3.05, 3.63) is 28.5 Å². The van der Waals surface area contributed by atoms with E-state index in [0.29, 0.717) is 5.56 Å². The molecular formula is C10H12ClF3N2. The molecule has 0 saturated heterocycles. The highest BCUT2D eigenvalue weighted by Gasteiger charge is 2.33. The minimum absolute atomic E-state index is 0.0588. The summed E-state index contributed by atoms with van der Waals surface area (Å²) in [4.78, 5) is 3.55. The first-order valence-corrected chi connectivity index (χ1v) is 4.99. The fraction of sp³-hybridized carbons (Fsp3) is 0.500. The number of rotatable bonds is 2. The van der Waals surface area contributed by atoms with E-state index in [9.17, 15) is 13.2 Å². The van der Waals surface area contributed by atoms with Crippen LogP contribution >= 0.6 is 11.6 Å². The average molecular weight is 253 g/mol. The third-order valence-electron chi connectivity index (χ3n) is 2.41. The van der Waals surface area contributed by atoms with Crippen LogP contribution in [0.1, 0.15) is 25.0 Å². The van der Waals surface area contributed by atoms with E-state index in [0.717, 1.165) is 12.3 Å². The van der Waals surface area contributed by atoms with Gasteiger partial charge in [-0.15, -0.1) is 0 Å². The zero-order chi connectivity index (χ0) is 12.6. The molecule has 0 aliphatic heterocycles. The lowest BCUT2D eigenvalue weighted by atomic mass is 9.85.